The number of anilines is 1. The molecule has 0 radical (unpaired) electrons. The van der Waals surface area contributed by atoms with Gasteiger partial charge in [0.15, 0.2) is 0 Å². The van der Waals surface area contributed by atoms with Gasteiger partial charge < -0.3 is 5.32 Å². The molecule has 0 heterocycles. The average molecular weight is 364 g/mol. The van der Waals surface area contributed by atoms with Crippen molar-refractivity contribution >= 4 is 21.6 Å². The van der Waals surface area contributed by atoms with E-state index < -0.39 is 11.7 Å². The predicted molar refractivity (Wildman–Crippen MR) is 83.4 cm³/mol. The fourth-order valence-electron chi connectivity index (χ4n) is 3.21. The molecule has 0 amide bonds. The van der Waals surface area contributed by atoms with Crippen LogP contribution in [0.1, 0.15) is 45.6 Å². The molecule has 2 atom stereocenters. The Bertz CT molecular complexity index is 511. The minimum absolute atomic E-state index is 0.230. The first kappa shape index (κ1) is 16.7. The summed E-state index contributed by atoms with van der Waals surface area (Å²) >= 11 is 3.16. The minimum Gasteiger partial charge on any atom is -0.382 e. The van der Waals surface area contributed by atoms with Gasteiger partial charge in [-0.05, 0) is 48.8 Å². The molecule has 1 aliphatic rings. The molecule has 1 aromatic carbocycles. The second kappa shape index (κ2) is 5.82. The molecule has 0 bridgehead atoms. The van der Waals surface area contributed by atoms with E-state index in [4.69, 9.17) is 0 Å². The van der Waals surface area contributed by atoms with E-state index in [1.165, 1.54) is 6.07 Å². The average Bonchev–Trinajstić information content (AvgIpc) is 2.30. The zero-order chi connectivity index (χ0) is 15.8. The number of benzene rings is 1. The molecule has 1 N–H and O–H groups in total. The summed E-state index contributed by atoms with van der Waals surface area (Å²) in [4.78, 5) is 0. The van der Waals surface area contributed by atoms with Gasteiger partial charge in [-0.2, -0.15) is 13.2 Å². The van der Waals surface area contributed by atoms with Crippen molar-refractivity contribution in [1.82, 2.24) is 0 Å². The first-order chi connectivity index (χ1) is 9.57. The SMILES string of the molecule is CC1CC(C)(C)CCC1Nc1cc(Br)cc(C(F)(F)F)c1. The molecule has 0 spiro atoms. The summed E-state index contributed by atoms with van der Waals surface area (Å²) < 4.78 is 39.0. The van der Waals surface area contributed by atoms with Crippen LogP contribution in [0.2, 0.25) is 0 Å². The quantitative estimate of drug-likeness (QED) is 0.669. The molecule has 1 nitrogen and oxygen atoms in total. The third-order valence-corrected chi connectivity index (χ3v) is 4.73. The molecular formula is C16H21BrF3N. The number of rotatable bonds is 2. The second-order valence-electron chi connectivity index (χ2n) is 6.86. The molecule has 0 aliphatic heterocycles. The highest BCUT2D eigenvalue weighted by molar-refractivity contribution is 9.10. The van der Waals surface area contributed by atoms with Gasteiger partial charge in [-0.3, -0.25) is 0 Å². The lowest BCUT2D eigenvalue weighted by Crippen LogP contribution is -2.36. The van der Waals surface area contributed by atoms with Crippen LogP contribution >= 0.6 is 15.9 Å². The van der Waals surface area contributed by atoms with Crippen molar-refractivity contribution in [2.45, 2.75) is 52.3 Å². The lowest BCUT2D eigenvalue weighted by atomic mass is 9.70. The molecule has 2 unspecified atom stereocenters. The number of halogens is 4. The van der Waals surface area contributed by atoms with Crippen molar-refractivity contribution in [2.75, 3.05) is 5.32 Å². The van der Waals surface area contributed by atoms with E-state index in [1.54, 1.807) is 6.07 Å². The van der Waals surface area contributed by atoms with Gasteiger partial charge in [-0.1, -0.05) is 36.7 Å². The summed E-state index contributed by atoms with van der Waals surface area (Å²) in [6, 6.07) is 4.24. The number of alkyl halides is 3. The highest BCUT2D eigenvalue weighted by Gasteiger charge is 2.34. The zero-order valence-electron chi connectivity index (χ0n) is 12.5. The molecule has 1 aliphatic carbocycles. The molecule has 0 saturated heterocycles. The Balaban J connectivity index is 2.15. The van der Waals surface area contributed by atoms with Gasteiger partial charge in [-0.25, -0.2) is 0 Å². The Morgan fingerprint density at radius 2 is 1.90 bits per heavy atom. The Morgan fingerprint density at radius 1 is 1.24 bits per heavy atom. The smallest absolute Gasteiger partial charge is 0.382 e. The summed E-state index contributed by atoms with van der Waals surface area (Å²) in [5.41, 5.74) is 0.239. The van der Waals surface area contributed by atoms with Crippen LogP contribution in [0.25, 0.3) is 0 Å². The standard InChI is InChI=1S/C16H21BrF3N/c1-10-9-15(2,3)5-4-14(10)21-13-7-11(16(18,19)20)6-12(17)8-13/h6-8,10,14,21H,4-5,9H2,1-3H3. The van der Waals surface area contributed by atoms with E-state index >= 15 is 0 Å². The fourth-order valence-corrected chi connectivity index (χ4v) is 3.71. The summed E-state index contributed by atoms with van der Waals surface area (Å²) in [5, 5.41) is 3.29. The normalized spacial score (nSPS) is 25.7. The number of nitrogens with one attached hydrogen (secondary N) is 1. The van der Waals surface area contributed by atoms with E-state index in [9.17, 15) is 13.2 Å². The van der Waals surface area contributed by atoms with Gasteiger partial charge in [0.05, 0.1) is 5.56 Å². The lowest BCUT2D eigenvalue weighted by Gasteiger charge is -2.40. The van der Waals surface area contributed by atoms with Crippen LogP contribution in [0.4, 0.5) is 18.9 Å². The van der Waals surface area contributed by atoms with Crippen molar-refractivity contribution in [2.24, 2.45) is 11.3 Å². The lowest BCUT2D eigenvalue weighted by molar-refractivity contribution is -0.137. The van der Waals surface area contributed by atoms with Crippen LogP contribution < -0.4 is 5.32 Å². The van der Waals surface area contributed by atoms with Crippen LogP contribution in [0, 0.1) is 11.3 Å². The van der Waals surface area contributed by atoms with Gasteiger partial charge >= 0.3 is 6.18 Å². The van der Waals surface area contributed by atoms with Gasteiger partial charge in [0.1, 0.15) is 0 Å². The van der Waals surface area contributed by atoms with Crippen molar-refractivity contribution in [3.8, 4) is 0 Å². The first-order valence-corrected chi connectivity index (χ1v) is 8.00. The highest BCUT2D eigenvalue weighted by atomic mass is 79.9. The van der Waals surface area contributed by atoms with Gasteiger partial charge in [0.25, 0.3) is 0 Å². The van der Waals surface area contributed by atoms with Crippen LogP contribution in [-0.4, -0.2) is 6.04 Å². The van der Waals surface area contributed by atoms with E-state index in [0.717, 1.165) is 25.3 Å². The third kappa shape index (κ3) is 4.38. The third-order valence-electron chi connectivity index (χ3n) is 4.27. The highest BCUT2D eigenvalue weighted by Crippen LogP contribution is 2.40. The number of hydrogen-bond donors (Lipinski definition) is 1. The molecule has 5 heteroatoms. The molecular weight excluding hydrogens is 343 g/mol. The van der Waals surface area contributed by atoms with Gasteiger partial charge in [-0.15, -0.1) is 0 Å². The Kier molecular flexibility index (Phi) is 4.62. The summed E-state index contributed by atoms with van der Waals surface area (Å²) in [7, 11) is 0. The van der Waals surface area contributed by atoms with Crippen molar-refractivity contribution < 1.29 is 13.2 Å². The molecule has 118 valence electrons. The Hall–Kier alpha value is -0.710. The van der Waals surface area contributed by atoms with Crippen molar-refractivity contribution in [3.63, 3.8) is 0 Å². The zero-order valence-corrected chi connectivity index (χ0v) is 14.1. The largest absolute Gasteiger partial charge is 0.416 e. The summed E-state index contributed by atoms with van der Waals surface area (Å²) in [5.74, 6) is 0.446. The van der Waals surface area contributed by atoms with E-state index in [0.29, 0.717) is 21.5 Å². The summed E-state index contributed by atoms with van der Waals surface area (Å²) in [6.07, 6.45) is -1.15. The van der Waals surface area contributed by atoms with Crippen molar-refractivity contribution in [3.05, 3.63) is 28.2 Å². The second-order valence-corrected chi connectivity index (χ2v) is 7.78. The molecule has 2 rings (SSSR count). The van der Waals surface area contributed by atoms with Crippen LogP contribution in [0.5, 0.6) is 0 Å². The predicted octanol–water partition coefficient (Wildman–Crippen LogP) is 6.09. The van der Waals surface area contributed by atoms with Gasteiger partial charge in [0.2, 0.25) is 0 Å². The van der Waals surface area contributed by atoms with Crippen LogP contribution in [0.3, 0.4) is 0 Å². The maximum Gasteiger partial charge on any atom is 0.416 e. The monoisotopic (exact) mass is 363 g/mol. The molecule has 0 aromatic heterocycles. The van der Waals surface area contributed by atoms with Crippen LogP contribution in [0.15, 0.2) is 22.7 Å². The maximum absolute atomic E-state index is 12.9. The van der Waals surface area contributed by atoms with Crippen molar-refractivity contribution in [1.29, 1.82) is 0 Å². The molecule has 1 saturated carbocycles. The Labute approximate surface area is 132 Å². The fraction of sp³-hybridized carbons (Fsp3) is 0.625. The molecule has 1 fully saturated rings. The minimum atomic E-state index is -4.32. The number of hydrogen-bond acceptors (Lipinski definition) is 1. The van der Waals surface area contributed by atoms with E-state index in [2.05, 4.69) is 42.0 Å². The maximum atomic E-state index is 12.9. The topological polar surface area (TPSA) is 12.0 Å². The molecule has 1 aromatic rings. The molecule has 21 heavy (non-hydrogen) atoms. The first-order valence-electron chi connectivity index (χ1n) is 7.21. The van der Waals surface area contributed by atoms with E-state index in [-0.39, 0.29) is 6.04 Å². The van der Waals surface area contributed by atoms with Crippen LogP contribution in [-0.2, 0) is 6.18 Å². The summed E-state index contributed by atoms with van der Waals surface area (Å²) in [6.45, 7) is 6.67. The Morgan fingerprint density at radius 3 is 2.48 bits per heavy atom. The van der Waals surface area contributed by atoms with E-state index in [1.807, 2.05) is 0 Å². The van der Waals surface area contributed by atoms with Gasteiger partial charge in [0, 0.05) is 16.2 Å².